The standard InChI is InChI=1S/C16H22O4/c1-19-15-4-2-12(3-5-15)10-14(16(17)18)11-13-6-8-20-9-7-13/h2-5,13-14H,6-11H2,1H3,(H,17,18). The molecule has 1 aliphatic rings. The lowest BCUT2D eigenvalue weighted by Gasteiger charge is -2.24. The molecule has 1 heterocycles. The fourth-order valence-corrected chi connectivity index (χ4v) is 2.70. The van der Waals surface area contributed by atoms with Gasteiger partial charge in [-0.2, -0.15) is 0 Å². The van der Waals surface area contributed by atoms with Crippen molar-refractivity contribution in [3.05, 3.63) is 29.8 Å². The van der Waals surface area contributed by atoms with Crippen LogP contribution in [0.1, 0.15) is 24.8 Å². The van der Waals surface area contributed by atoms with Crippen LogP contribution in [0.2, 0.25) is 0 Å². The normalized spacial score (nSPS) is 17.6. The number of hydrogen-bond donors (Lipinski definition) is 1. The van der Waals surface area contributed by atoms with Gasteiger partial charge in [0.25, 0.3) is 0 Å². The number of carboxylic acid groups (broad SMARTS) is 1. The molecule has 20 heavy (non-hydrogen) atoms. The van der Waals surface area contributed by atoms with Crippen LogP contribution in [0, 0.1) is 11.8 Å². The zero-order chi connectivity index (χ0) is 14.4. The van der Waals surface area contributed by atoms with Crippen molar-refractivity contribution in [3.8, 4) is 5.75 Å². The van der Waals surface area contributed by atoms with Crippen molar-refractivity contribution in [2.75, 3.05) is 20.3 Å². The van der Waals surface area contributed by atoms with Crippen molar-refractivity contribution in [2.45, 2.75) is 25.7 Å². The van der Waals surface area contributed by atoms with Gasteiger partial charge in [0.05, 0.1) is 13.0 Å². The van der Waals surface area contributed by atoms with Crippen LogP contribution in [0.5, 0.6) is 5.75 Å². The maximum Gasteiger partial charge on any atom is 0.306 e. The van der Waals surface area contributed by atoms with Crippen LogP contribution in [0.15, 0.2) is 24.3 Å². The second-order valence-electron chi connectivity index (χ2n) is 5.38. The van der Waals surface area contributed by atoms with Crippen LogP contribution in [0.25, 0.3) is 0 Å². The molecule has 1 fully saturated rings. The molecule has 0 amide bonds. The molecule has 0 aliphatic carbocycles. The van der Waals surface area contributed by atoms with E-state index in [0.717, 1.165) is 43.8 Å². The minimum atomic E-state index is -0.702. The summed E-state index contributed by atoms with van der Waals surface area (Å²) in [7, 11) is 1.63. The summed E-state index contributed by atoms with van der Waals surface area (Å²) in [5.41, 5.74) is 1.05. The van der Waals surface area contributed by atoms with E-state index in [1.807, 2.05) is 24.3 Å². The van der Waals surface area contributed by atoms with Gasteiger partial charge < -0.3 is 14.6 Å². The Kier molecular flexibility index (Phi) is 5.41. The lowest BCUT2D eigenvalue weighted by atomic mass is 9.85. The molecule has 0 bridgehead atoms. The zero-order valence-corrected chi connectivity index (χ0v) is 11.9. The minimum Gasteiger partial charge on any atom is -0.497 e. The molecular formula is C16H22O4. The number of carbonyl (C=O) groups is 1. The van der Waals surface area contributed by atoms with Crippen molar-refractivity contribution < 1.29 is 19.4 Å². The van der Waals surface area contributed by atoms with Gasteiger partial charge in [0.1, 0.15) is 5.75 Å². The molecule has 0 radical (unpaired) electrons. The summed E-state index contributed by atoms with van der Waals surface area (Å²) in [5.74, 6) is 0.256. The highest BCUT2D eigenvalue weighted by atomic mass is 16.5. The summed E-state index contributed by atoms with van der Waals surface area (Å²) in [4.78, 5) is 11.4. The van der Waals surface area contributed by atoms with Crippen LogP contribution in [-0.4, -0.2) is 31.4 Å². The molecule has 1 aromatic rings. The van der Waals surface area contributed by atoms with Gasteiger partial charge in [-0.05, 0) is 49.3 Å². The Bertz CT molecular complexity index is 421. The quantitative estimate of drug-likeness (QED) is 0.869. The van der Waals surface area contributed by atoms with Crippen molar-refractivity contribution in [3.63, 3.8) is 0 Å². The van der Waals surface area contributed by atoms with Gasteiger partial charge in [0.2, 0.25) is 0 Å². The van der Waals surface area contributed by atoms with Crippen LogP contribution >= 0.6 is 0 Å². The lowest BCUT2D eigenvalue weighted by Crippen LogP contribution is -2.24. The Morgan fingerprint density at radius 3 is 2.55 bits per heavy atom. The van der Waals surface area contributed by atoms with E-state index < -0.39 is 5.97 Å². The first kappa shape index (κ1) is 14.9. The molecule has 0 aromatic heterocycles. The summed E-state index contributed by atoms with van der Waals surface area (Å²) in [6.45, 7) is 1.53. The predicted octanol–water partition coefficient (Wildman–Crippen LogP) is 2.76. The molecule has 1 unspecified atom stereocenters. The van der Waals surface area contributed by atoms with Gasteiger partial charge in [0.15, 0.2) is 0 Å². The molecule has 0 saturated carbocycles. The second kappa shape index (κ2) is 7.29. The van der Waals surface area contributed by atoms with Crippen LogP contribution in [-0.2, 0) is 16.0 Å². The van der Waals surface area contributed by atoms with E-state index >= 15 is 0 Å². The monoisotopic (exact) mass is 278 g/mol. The first-order valence-corrected chi connectivity index (χ1v) is 7.12. The summed E-state index contributed by atoms with van der Waals surface area (Å²) < 4.78 is 10.4. The first-order chi connectivity index (χ1) is 9.69. The van der Waals surface area contributed by atoms with Gasteiger partial charge in [-0.15, -0.1) is 0 Å². The minimum absolute atomic E-state index is 0.313. The van der Waals surface area contributed by atoms with Crippen LogP contribution in [0.4, 0.5) is 0 Å². The number of methoxy groups -OCH3 is 1. The van der Waals surface area contributed by atoms with Crippen molar-refractivity contribution >= 4 is 5.97 Å². The molecule has 1 atom stereocenters. The highest BCUT2D eigenvalue weighted by Gasteiger charge is 2.24. The third-order valence-electron chi connectivity index (χ3n) is 3.95. The fourth-order valence-electron chi connectivity index (χ4n) is 2.70. The summed E-state index contributed by atoms with van der Waals surface area (Å²) in [6, 6.07) is 7.64. The molecule has 4 nitrogen and oxygen atoms in total. The first-order valence-electron chi connectivity index (χ1n) is 7.12. The Balaban J connectivity index is 1.95. The average molecular weight is 278 g/mol. The van der Waals surface area contributed by atoms with E-state index in [1.165, 1.54) is 0 Å². The number of aliphatic carboxylic acids is 1. The maximum atomic E-state index is 11.4. The number of hydrogen-bond acceptors (Lipinski definition) is 3. The van der Waals surface area contributed by atoms with Gasteiger partial charge in [-0.1, -0.05) is 12.1 Å². The summed E-state index contributed by atoms with van der Waals surface area (Å²) >= 11 is 0. The van der Waals surface area contributed by atoms with Crippen molar-refractivity contribution in [2.24, 2.45) is 11.8 Å². The molecule has 1 aromatic carbocycles. The largest absolute Gasteiger partial charge is 0.497 e. The van der Waals surface area contributed by atoms with Gasteiger partial charge in [-0.3, -0.25) is 4.79 Å². The van der Waals surface area contributed by atoms with Gasteiger partial charge in [0, 0.05) is 13.2 Å². The van der Waals surface area contributed by atoms with Gasteiger partial charge >= 0.3 is 5.97 Å². The fraction of sp³-hybridized carbons (Fsp3) is 0.562. The topological polar surface area (TPSA) is 55.8 Å². The maximum absolute atomic E-state index is 11.4. The molecule has 1 N–H and O–H groups in total. The third-order valence-corrected chi connectivity index (χ3v) is 3.95. The number of carboxylic acids is 1. The molecule has 1 aliphatic heterocycles. The third kappa shape index (κ3) is 4.23. The lowest BCUT2D eigenvalue weighted by molar-refractivity contribution is -0.142. The van der Waals surface area contributed by atoms with Gasteiger partial charge in [-0.25, -0.2) is 0 Å². The molecule has 2 rings (SSSR count). The Hall–Kier alpha value is -1.55. The van der Waals surface area contributed by atoms with Crippen LogP contribution < -0.4 is 4.74 Å². The Morgan fingerprint density at radius 1 is 1.35 bits per heavy atom. The van der Waals surface area contributed by atoms with E-state index in [2.05, 4.69) is 0 Å². The van der Waals surface area contributed by atoms with Crippen molar-refractivity contribution in [1.29, 1.82) is 0 Å². The molecule has 0 spiro atoms. The molecule has 4 heteroatoms. The molecule has 110 valence electrons. The van der Waals surface area contributed by atoms with E-state index in [0.29, 0.717) is 12.3 Å². The van der Waals surface area contributed by atoms with E-state index in [4.69, 9.17) is 9.47 Å². The molecule has 1 saturated heterocycles. The predicted molar refractivity (Wildman–Crippen MR) is 76.0 cm³/mol. The number of benzene rings is 1. The van der Waals surface area contributed by atoms with E-state index in [9.17, 15) is 9.90 Å². The van der Waals surface area contributed by atoms with E-state index in [-0.39, 0.29) is 5.92 Å². The highest BCUT2D eigenvalue weighted by molar-refractivity contribution is 5.70. The van der Waals surface area contributed by atoms with Crippen molar-refractivity contribution in [1.82, 2.24) is 0 Å². The smallest absolute Gasteiger partial charge is 0.306 e. The SMILES string of the molecule is COc1ccc(CC(CC2CCOCC2)C(=O)O)cc1. The van der Waals surface area contributed by atoms with E-state index in [1.54, 1.807) is 7.11 Å². The second-order valence-corrected chi connectivity index (χ2v) is 5.38. The average Bonchev–Trinajstić information content (AvgIpc) is 2.48. The highest BCUT2D eigenvalue weighted by Crippen LogP contribution is 2.26. The number of ether oxygens (including phenoxy) is 2. The zero-order valence-electron chi connectivity index (χ0n) is 11.9. The summed E-state index contributed by atoms with van der Waals surface area (Å²) in [5, 5.41) is 9.41. The summed E-state index contributed by atoms with van der Waals surface area (Å²) in [6.07, 6.45) is 3.28. The van der Waals surface area contributed by atoms with Crippen LogP contribution in [0.3, 0.4) is 0 Å². The number of rotatable bonds is 6. The Morgan fingerprint density at radius 2 is 2.00 bits per heavy atom. The Labute approximate surface area is 119 Å². The molecular weight excluding hydrogens is 256 g/mol.